The number of benzene rings is 2. The zero-order valence-electron chi connectivity index (χ0n) is 18.0. The van der Waals surface area contributed by atoms with Gasteiger partial charge in [0.05, 0.1) is 19.4 Å². The maximum atomic E-state index is 13.2. The number of rotatable bonds is 7. The molecule has 0 saturated heterocycles. The number of fused-ring (bicyclic) bond motifs is 1. The smallest absolute Gasteiger partial charge is 0.433 e. The summed E-state index contributed by atoms with van der Waals surface area (Å²) in [4.78, 5) is 8.31. The number of nitrogens with one attached hydrogen (secondary N) is 1. The Hall–Kier alpha value is -3.56. The lowest BCUT2D eigenvalue weighted by Gasteiger charge is -2.11. The molecule has 0 amide bonds. The Morgan fingerprint density at radius 2 is 1.97 bits per heavy atom. The SMILES string of the molecule is C=C(NCc1cccc(Cl)c1)c1nc(-c2ccc(OC)c3nc(C(F)(F)F)ccc23)oc1CN. The largest absolute Gasteiger partial charge is 0.494 e. The maximum absolute atomic E-state index is 13.2. The van der Waals surface area contributed by atoms with E-state index in [0.29, 0.717) is 39.7 Å². The number of alkyl halides is 3. The predicted molar refractivity (Wildman–Crippen MR) is 124 cm³/mol. The Balaban J connectivity index is 1.71. The van der Waals surface area contributed by atoms with E-state index in [-0.39, 0.29) is 23.7 Å². The van der Waals surface area contributed by atoms with Crippen LogP contribution in [0.5, 0.6) is 5.75 Å². The highest BCUT2D eigenvalue weighted by Gasteiger charge is 2.33. The molecule has 0 aliphatic carbocycles. The summed E-state index contributed by atoms with van der Waals surface area (Å²) < 4.78 is 50.7. The average Bonchev–Trinajstić information content (AvgIpc) is 3.25. The molecule has 0 saturated carbocycles. The Kier molecular flexibility index (Phi) is 6.49. The summed E-state index contributed by atoms with van der Waals surface area (Å²) in [6.07, 6.45) is -4.59. The van der Waals surface area contributed by atoms with Crippen LogP contribution in [-0.4, -0.2) is 17.1 Å². The van der Waals surface area contributed by atoms with Crippen molar-refractivity contribution >= 4 is 28.2 Å². The first-order valence-corrected chi connectivity index (χ1v) is 10.5. The highest BCUT2D eigenvalue weighted by atomic mass is 35.5. The number of halogens is 4. The summed E-state index contributed by atoms with van der Waals surface area (Å²) in [5.74, 6) is 0.751. The highest BCUT2D eigenvalue weighted by Crippen LogP contribution is 2.37. The zero-order valence-corrected chi connectivity index (χ0v) is 18.8. The van der Waals surface area contributed by atoms with Crippen molar-refractivity contribution in [1.29, 1.82) is 0 Å². The number of pyridine rings is 1. The van der Waals surface area contributed by atoms with Crippen LogP contribution in [0.3, 0.4) is 0 Å². The molecule has 176 valence electrons. The van der Waals surface area contributed by atoms with Crippen molar-refractivity contribution in [3.05, 3.63) is 82.8 Å². The fourth-order valence-electron chi connectivity index (χ4n) is 3.48. The van der Waals surface area contributed by atoms with Crippen LogP contribution in [0.2, 0.25) is 5.02 Å². The summed E-state index contributed by atoms with van der Waals surface area (Å²) >= 11 is 6.03. The molecule has 0 aliphatic heterocycles. The summed E-state index contributed by atoms with van der Waals surface area (Å²) in [5.41, 5.74) is 7.16. The second-order valence-corrected chi connectivity index (χ2v) is 7.80. The van der Waals surface area contributed by atoms with Gasteiger partial charge in [-0.3, -0.25) is 0 Å². The Bertz CT molecular complexity index is 1370. The molecule has 4 aromatic rings. The third kappa shape index (κ3) is 4.71. The van der Waals surface area contributed by atoms with Crippen molar-refractivity contribution in [2.24, 2.45) is 5.73 Å². The van der Waals surface area contributed by atoms with E-state index in [2.05, 4.69) is 21.9 Å². The minimum Gasteiger partial charge on any atom is -0.494 e. The molecule has 10 heteroatoms. The lowest BCUT2D eigenvalue weighted by molar-refractivity contribution is -0.140. The molecule has 0 atom stereocenters. The summed E-state index contributed by atoms with van der Waals surface area (Å²) in [5, 5.41) is 4.18. The van der Waals surface area contributed by atoms with Crippen molar-refractivity contribution in [3.63, 3.8) is 0 Å². The molecular weight excluding hydrogens is 469 g/mol. The van der Waals surface area contributed by atoms with Gasteiger partial charge < -0.3 is 20.2 Å². The monoisotopic (exact) mass is 488 g/mol. The van der Waals surface area contributed by atoms with Gasteiger partial charge in [-0.15, -0.1) is 0 Å². The first-order chi connectivity index (χ1) is 16.2. The van der Waals surface area contributed by atoms with Crippen molar-refractivity contribution in [2.45, 2.75) is 19.3 Å². The number of nitrogens with zero attached hydrogens (tertiary/aromatic N) is 2. The molecule has 0 fully saturated rings. The lowest BCUT2D eigenvalue weighted by Crippen LogP contribution is -2.13. The van der Waals surface area contributed by atoms with Gasteiger partial charge in [-0.2, -0.15) is 13.2 Å². The van der Waals surface area contributed by atoms with Crippen molar-refractivity contribution in [3.8, 4) is 17.2 Å². The van der Waals surface area contributed by atoms with E-state index in [0.717, 1.165) is 11.6 Å². The van der Waals surface area contributed by atoms with Crippen LogP contribution >= 0.6 is 11.6 Å². The Labute approximate surface area is 198 Å². The zero-order chi connectivity index (χ0) is 24.5. The summed E-state index contributed by atoms with van der Waals surface area (Å²) in [7, 11) is 1.36. The normalized spacial score (nSPS) is 11.6. The van der Waals surface area contributed by atoms with E-state index in [1.807, 2.05) is 18.2 Å². The second kappa shape index (κ2) is 9.36. The van der Waals surface area contributed by atoms with Crippen molar-refractivity contribution < 1.29 is 22.3 Å². The molecule has 2 aromatic carbocycles. The first kappa shape index (κ1) is 23.6. The fraction of sp³-hybridized carbons (Fsp3) is 0.167. The summed E-state index contributed by atoms with van der Waals surface area (Å²) in [6, 6.07) is 12.8. The van der Waals surface area contributed by atoms with Gasteiger partial charge in [0.15, 0.2) is 0 Å². The van der Waals surface area contributed by atoms with Gasteiger partial charge >= 0.3 is 6.18 Å². The first-order valence-electron chi connectivity index (χ1n) is 10.1. The van der Waals surface area contributed by atoms with E-state index in [9.17, 15) is 13.2 Å². The number of ether oxygens (including phenoxy) is 1. The molecule has 6 nitrogen and oxygen atoms in total. The van der Waals surface area contributed by atoms with Crippen LogP contribution in [0.25, 0.3) is 28.1 Å². The van der Waals surface area contributed by atoms with E-state index in [1.165, 1.54) is 19.2 Å². The number of methoxy groups -OCH3 is 1. The van der Waals surface area contributed by atoms with Crippen molar-refractivity contribution in [2.75, 3.05) is 7.11 Å². The number of hydrogen-bond acceptors (Lipinski definition) is 6. The number of nitrogens with two attached hydrogens (primary N) is 1. The van der Waals surface area contributed by atoms with Gasteiger partial charge in [-0.05, 0) is 42.0 Å². The number of hydrogen-bond donors (Lipinski definition) is 2. The molecule has 3 N–H and O–H groups in total. The maximum Gasteiger partial charge on any atom is 0.433 e. The molecule has 2 aromatic heterocycles. The van der Waals surface area contributed by atoms with Gasteiger partial charge in [0, 0.05) is 22.5 Å². The molecule has 34 heavy (non-hydrogen) atoms. The van der Waals surface area contributed by atoms with E-state index >= 15 is 0 Å². The Morgan fingerprint density at radius 1 is 1.18 bits per heavy atom. The third-order valence-electron chi connectivity index (χ3n) is 5.12. The molecular formula is C24H20ClF3N4O2. The van der Waals surface area contributed by atoms with E-state index in [4.69, 9.17) is 26.5 Å². The van der Waals surface area contributed by atoms with Crippen LogP contribution in [0, 0.1) is 0 Å². The molecule has 4 rings (SSSR count). The second-order valence-electron chi connectivity index (χ2n) is 7.36. The number of oxazole rings is 1. The topological polar surface area (TPSA) is 86.2 Å². The number of aromatic nitrogens is 2. The van der Waals surface area contributed by atoms with Crippen molar-refractivity contribution in [1.82, 2.24) is 15.3 Å². The van der Waals surface area contributed by atoms with Gasteiger partial charge in [0.1, 0.15) is 28.4 Å². The standard InChI is InChI=1S/C24H20ClF3N4O2/c1-13(30-12-14-4-3-5-15(25)10-14)21-19(11-29)34-23(32-21)17-6-8-18(33-2)22-16(17)7-9-20(31-22)24(26,27)28/h3-10,30H,1,11-12,29H2,2H3. The van der Waals surface area contributed by atoms with Crippen LogP contribution in [0.15, 0.2) is 59.5 Å². The fourth-order valence-corrected chi connectivity index (χ4v) is 3.69. The van der Waals surface area contributed by atoms with E-state index in [1.54, 1.807) is 12.1 Å². The molecule has 0 unspecified atom stereocenters. The molecule has 0 spiro atoms. The third-order valence-corrected chi connectivity index (χ3v) is 5.36. The minimum absolute atomic E-state index is 0.0433. The highest BCUT2D eigenvalue weighted by molar-refractivity contribution is 6.30. The van der Waals surface area contributed by atoms with Gasteiger partial charge in [0.25, 0.3) is 0 Å². The minimum atomic E-state index is -4.59. The van der Waals surface area contributed by atoms with E-state index < -0.39 is 11.9 Å². The quantitative estimate of drug-likeness (QED) is 0.342. The van der Waals surface area contributed by atoms with Gasteiger partial charge in [-0.25, -0.2) is 9.97 Å². The Morgan fingerprint density at radius 3 is 2.65 bits per heavy atom. The van der Waals surface area contributed by atoms with Crippen LogP contribution in [0.4, 0.5) is 13.2 Å². The molecule has 0 bridgehead atoms. The molecule has 0 aliphatic rings. The van der Waals surface area contributed by atoms with Crippen LogP contribution < -0.4 is 15.8 Å². The average molecular weight is 489 g/mol. The van der Waals surface area contributed by atoms with Crippen LogP contribution in [0.1, 0.15) is 22.7 Å². The van der Waals surface area contributed by atoms with Crippen LogP contribution in [-0.2, 0) is 19.3 Å². The lowest BCUT2D eigenvalue weighted by atomic mass is 10.1. The molecule has 2 heterocycles. The summed E-state index contributed by atoms with van der Waals surface area (Å²) in [6.45, 7) is 4.52. The molecule has 0 radical (unpaired) electrons. The van der Waals surface area contributed by atoms with Gasteiger partial charge in [0.2, 0.25) is 5.89 Å². The van der Waals surface area contributed by atoms with Gasteiger partial charge in [-0.1, -0.05) is 30.3 Å². The predicted octanol–water partition coefficient (Wildman–Crippen LogP) is 5.79.